The van der Waals surface area contributed by atoms with E-state index in [0.29, 0.717) is 5.89 Å². The average molecular weight is 399 g/mol. The molecule has 0 radical (unpaired) electrons. The van der Waals surface area contributed by atoms with E-state index >= 15 is 0 Å². The molecule has 0 atom stereocenters. The van der Waals surface area contributed by atoms with Crippen LogP contribution in [0.1, 0.15) is 15.9 Å². The summed E-state index contributed by atoms with van der Waals surface area (Å²) in [6, 6.07) is 5.23. The van der Waals surface area contributed by atoms with Gasteiger partial charge in [0.05, 0.1) is 17.3 Å². The van der Waals surface area contributed by atoms with Crippen molar-refractivity contribution in [3.8, 4) is 21.2 Å². The number of aromatic nitrogens is 4. The zero-order valence-corrected chi connectivity index (χ0v) is 15.1. The van der Waals surface area contributed by atoms with E-state index in [9.17, 15) is 13.6 Å². The van der Waals surface area contributed by atoms with Crippen LogP contribution in [-0.4, -0.2) is 26.1 Å². The largest absolute Gasteiger partial charge is 0.423 e. The van der Waals surface area contributed by atoms with Crippen molar-refractivity contribution in [1.82, 2.24) is 20.2 Å². The average Bonchev–Trinajstić information content (AvgIpc) is 3.32. The molecule has 0 aliphatic rings. The van der Waals surface area contributed by atoms with Gasteiger partial charge in [-0.15, -0.1) is 21.5 Å². The SMILES string of the molecule is Cc1cc(-c2nnco2)sc1-c1ccc(NC(=O)c2c(F)cncc2F)nc1. The van der Waals surface area contributed by atoms with E-state index < -0.39 is 23.1 Å². The second-order valence-corrected chi connectivity index (χ2v) is 6.78. The van der Waals surface area contributed by atoms with Crippen LogP contribution in [0.2, 0.25) is 0 Å². The summed E-state index contributed by atoms with van der Waals surface area (Å²) in [5.41, 5.74) is 1.10. The van der Waals surface area contributed by atoms with Crippen LogP contribution in [0.4, 0.5) is 14.6 Å². The van der Waals surface area contributed by atoms with Crippen LogP contribution in [0.15, 0.2) is 47.6 Å². The van der Waals surface area contributed by atoms with E-state index in [-0.39, 0.29) is 5.82 Å². The second kappa shape index (κ2) is 7.24. The van der Waals surface area contributed by atoms with E-state index in [4.69, 9.17) is 4.42 Å². The van der Waals surface area contributed by atoms with Gasteiger partial charge < -0.3 is 9.73 Å². The molecule has 0 unspecified atom stereocenters. The lowest BCUT2D eigenvalue weighted by molar-refractivity contribution is 0.101. The number of pyridine rings is 2. The Balaban J connectivity index is 1.56. The van der Waals surface area contributed by atoms with Crippen molar-refractivity contribution < 1.29 is 18.0 Å². The lowest BCUT2D eigenvalue weighted by Crippen LogP contribution is -2.16. The van der Waals surface area contributed by atoms with Crippen LogP contribution in [-0.2, 0) is 0 Å². The fourth-order valence-corrected chi connectivity index (χ4v) is 3.65. The first kappa shape index (κ1) is 17.9. The Labute approximate surface area is 161 Å². The van der Waals surface area contributed by atoms with Gasteiger partial charge in [0.25, 0.3) is 11.8 Å². The van der Waals surface area contributed by atoms with Crippen LogP contribution in [0, 0.1) is 18.6 Å². The maximum absolute atomic E-state index is 13.7. The van der Waals surface area contributed by atoms with Gasteiger partial charge in [0.2, 0.25) is 6.39 Å². The van der Waals surface area contributed by atoms with Crippen LogP contribution >= 0.6 is 11.3 Å². The number of amides is 1. The van der Waals surface area contributed by atoms with Gasteiger partial charge in [-0.2, -0.15) is 0 Å². The Bertz CT molecular complexity index is 1120. The van der Waals surface area contributed by atoms with Crippen LogP contribution in [0.25, 0.3) is 21.2 Å². The molecule has 0 bridgehead atoms. The number of nitrogens with one attached hydrogen (secondary N) is 1. The molecule has 1 amide bonds. The van der Waals surface area contributed by atoms with Crippen LogP contribution < -0.4 is 5.32 Å². The number of carbonyl (C=O) groups excluding carboxylic acids is 1. The molecule has 0 aromatic carbocycles. The molecule has 1 N–H and O–H groups in total. The first-order valence-electron chi connectivity index (χ1n) is 7.96. The predicted molar refractivity (Wildman–Crippen MR) is 97.7 cm³/mol. The number of thiophene rings is 1. The van der Waals surface area contributed by atoms with E-state index in [0.717, 1.165) is 33.3 Å². The molecule has 0 aliphatic heterocycles. The molecule has 4 aromatic heterocycles. The molecule has 10 heteroatoms. The summed E-state index contributed by atoms with van der Waals surface area (Å²) in [5, 5.41) is 9.93. The molecule has 7 nitrogen and oxygen atoms in total. The summed E-state index contributed by atoms with van der Waals surface area (Å²) >= 11 is 1.46. The van der Waals surface area contributed by atoms with Crippen molar-refractivity contribution in [3.63, 3.8) is 0 Å². The lowest BCUT2D eigenvalue weighted by Gasteiger charge is -2.07. The number of hydrogen-bond donors (Lipinski definition) is 1. The first-order chi connectivity index (χ1) is 13.5. The summed E-state index contributed by atoms with van der Waals surface area (Å²) in [5.74, 6) is -2.44. The van der Waals surface area contributed by atoms with Gasteiger partial charge in [0.15, 0.2) is 11.6 Å². The van der Waals surface area contributed by atoms with Crippen molar-refractivity contribution in [2.24, 2.45) is 0 Å². The second-order valence-electron chi connectivity index (χ2n) is 5.73. The van der Waals surface area contributed by atoms with Crippen LogP contribution in [0.5, 0.6) is 0 Å². The molecule has 4 heterocycles. The summed E-state index contributed by atoms with van der Waals surface area (Å²) in [6.07, 6.45) is 4.37. The third-order valence-corrected chi connectivity index (χ3v) is 5.11. The standard InChI is InChI=1S/C18H11F2N5O2S/c1-9-4-13(18-25-23-8-27-18)28-16(9)10-2-3-14(22-5-10)24-17(26)15-11(19)6-21-7-12(15)20/h2-8H,1H3,(H,22,24,26). The predicted octanol–water partition coefficient (Wildman–Crippen LogP) is 4.09. The summed E-state index contributed by atoms with van der Waals surface area (Å²) in [7, 11) is 0. The molecule has 0 spiro atoms. The van der Waals surface area contributed by atoms with Crippen molar-refractivity contribution in [2.45, 2.75) is 6.92 Å². The van der Waals surface area contributed by atoms with Crippen molar-refractivity contribution >= 4 is 23.1 Å². The molecule has 28 heavy (non-hydrogen) atoms. The van der Waals surface area contributed by atoms with E-state index in [1.165, 1.54) is 17.7 Å². The highest BCUT2D eigenvalue weighted by Crippen LogP contribution is 2.37. The number of anilines is 1. The van der Waals surface area contributed by atoms with E-state index in [1.807, 2.05) is 13.0 Å². The Morgan fingerprint density at radius 3 is 2.61 bits per heavy atom. The molecule has 0 saturated carbocycles. The Morgan fingerprint density at radius 2 is 1.96 bits per heavy atom. The highest BCUT2D eigenvalue weighted by molar-refractivity contribution is 7.19. The zero-order chi connectivity index (χ0) is 19.7. The molecule has 4 aromatic rings. The monoisotopic (exact) mass is 399 g/mol. The maximum Gasteiger partial charge on any atom is 0.262 e. The van der Waals surface area contributed by atoms with Crippen molar-refractivity contribution in [3.05, 3.63) is 65.9 Å². The number of halogens is 2. The number of rotatable bonds is 4. The van der Waals surface area contributed by atoms with E-state index in [1.54, 1.807) is 18.3 Å². The highest BCUT2D eigenvalue weighted by Gasteiger charge is 2.18. The topological polar surface area (TPSA) is 93.8 Å². The smallest absolute Gasteiger partial charge is 0.262 e. The molecule has 0 aliphatic carbocycles. The van der Waals surface area contributed by atoms with Crippen molar-refractivity contribution in [1.29, 1.82) is 0 Å². The molecular formula is C18H11F2N5O2S. The van der Waals surface area contributed by atoms with Crippen molar-refractivity contribution in [2.75, 3.05) is 5.32 Å². The van der Waals surface area contributed by atoms with Gasteiger partial charge in [0, 0.05) is 16.6 Å². The third kappa shape index (κ3) is 3.37. The number of hydrogen-bond acceptors (Lipinski definition) is 7. The zero-order valence-electron chi connectivity index (χ0n) is 14.3. The minimum absolute atomic E-state index is 0.163. The molecule has 4 rings (SSSR count). The Kier molecular flexibility index (Phi) is 4.62. The Hall–Kier alpha value is -3.53. The number of aryl methyl sites for hydroxylation is 1. The fraction of sp³-hybridized carbons (Fsp3) is 0.0556. The Morgan fingerprint density at radius 1 is 1.18 bits per heavy atom. The minimum atomic E-state index is -1.04. The molecule has 0 saturated heterocycles. The fourth-order valence-electron chi connectivity index (χ4n) is 2.56. The molecule has 140 valence electrons. The quantitative estimate of drug-likeness (QED) is 0.555. The van der Waals surface area contributed by atoms with Gasteiger partial charge in [-0.3, -0.25) is 9.78 Å². The highest BCUT2D eigenvalue weighted by atomic mass is 32.1. The third-order valence-electron chi connectivity index (χ3n) is 3.84. The minimum Gasteiger partial charge on any atom is -0.423 e. The maximum atomic E-state index is 13.7. The summed E-state index contributed by atoms with van der Waals surface area (Å²) in [4.78, 5) is 21.4. The van der Waals surface area contributed by atoms with Gasteiger partial charge >= 0.3 is 0 Å². The lowest BCUT2D eigenvalue weighted by atomic mass is 10.1. The van der Waals surface area contributed by atoms with Gasteiger partial charge in [-0.05, 0) is 30.7 Å². The molecular weight excluding hydrogens is 388 g/mol. The van der Waals surface area contributed by atoms with Gasteiger partial charge in [-0.25, -0.2) is 13.8 Å². The normalized spacial score (nSPS) is 10.8. The number of nitrogens with zero attached hydrogens (tertiary/aromatic N) is 4. The van der Waals surface area contributed by atoms with Crippen LogP contribution in [0.3, 0.4) is 0 Å². The van der Waals surface area contributed by atoms with Gasteiger partial charge in [-0.1, -0.05) is 0 Å². The summed E-state index contributed by atoms with van der Waals surface area (Å²) in [6.45, 7) is 1.94. The molecule has 0 fully saturated rings. The summed E-state index contributed by atoms with van der Waals surface area (Å²) < 4.78 is 32.5. The van der Waals surface area contributed by atoms with Gasteiger partial charge in [0.1, 0.15) is 11.4 Å². The number of carbonyl (C=O) groups is 1. The first-order valence-corrected chi connectivity index (χ1v) is 8.78. The van der Waals surface area contributed by atoms with E-state index in [2.05, 4.69) is 25.5 Å².